The number of aromatic nitrogens is 3. The van der Waals surface area contributed by atoms with Crippen molar-refractivity contribution in [1.82, 2.24) is 20.3 Å². The molecule has 7 nitrogen and oxygen atoms in total. The van der Waals surface area contributed by atoms with E-state index in [-0.39, 0.29) is 5.91 Å². The van der Waals surface area contributed by atoms with Crippen molar-refractivity contribution in [2.45, 2.75) is 26.0 Å². The minimum Gasteiger partial charge on any atom is -0.480 e. The maximum Gasteiger partial charge on any atom is 0.249 e. The van der Waals surface area contributed by atoms with Crippen molar-refractivity contribution >= 4 is 28.4 Å². The second kappa shape index (κ2) is 8.37. The Balaban J connectivity index is 1.82. The van der Waals surface area contributed by atoms with Gasteiger partial charge in [-0.1, -0.05) is 18.5 Å². The Morgan fingerprint density at radius 1 is 1.26 bits per heavy atom. The van der Waals surface area contributed by atoms with E-state index in [1.807, 2.05) is 25.1 Å². The third-order valence-corrected chi connectivity index (χ3v) is 4.59. The van der Waals surface area contributed by atoms with Crippen molar-refractivity contribution < 1.29 is 14.3 Å². The largest absolute Gasteiger partial charge is 0.480 e. The molecule has 142 valence electrons. The van der Waals surface area contributed by atoms with E-state index >= 15 is 0 Å². The molecule has 0 spiro atoms. The Morgan fingerprint density at radius 2 is 2.07 bits per heavy atom. The quantitative estimate of drug-likeness (QED) is 0.648. The average Bonchev–Trinajstić information content (AvgIpc) is 3.08. The number of carbonyl (C=O) groups excluding carboxylic acids is 1. The van der Waals surface area contributed by atoms with Crippen LogP contribution in [0.25, 0.3) is 22.2 Å². The standard InChI is InChI=1S/C19H21ClN4O3/c1-4-17(26-2)19(25)23-8-12-5-11-6-14(20)13(7-15(11)24-12)16-9-22-18(27-3)10-21-16/h5-7,9-10,17,24H,4,8H2,1-3H3,(H,23,25)/t17-/m0/s1. The molecule has 0 aliphatic rings. The summed E-state index contributed by atoms with van der Waals surface area (Å²) in [5.41, 5.74) is 3.19. The number of benzene rings is 1. The van der Waals surface area contributed by atoms with Crippen molar-refractivity contribution in [3.8, 4) is 17.1 Å². The van der Waals surface area contributed by atoms with Crippen LogP contribution in [-0.2, 0) is 16.1 Å². The summed E-state index contributed by atoms with van der Waals surface area (Å²) < 4.78 is 10.2. The Bertz CT molecular complexity index is 936. The van der Waals surface area contributed by atoms with Gasteiger partial charge in [-0.15, -0.1) is 0 Å². The number of hydrogen-bond acceptors (Lipinski definition) is 5. The number of ether oxygens (including phenoxy) is 2. The Labute approximate surface area is 162 Å². The maximum atomic E-state index is 12.0. The predicted octanol–water partition coefficient (Wildman–Crippen LogP) is 3.33. The van der Waals surface area contributed by atoms with Gasteiger partial charge in [-0.05, 0) is 24.6 Å². The number of hydrogen-bond donors (Lipinski definition) is 2. The molecule has 1 aromatic carbocycles. The van der Waals surface area contributed by atoms with E-state index in [9.17, 15) is 4.79 Å². The van der Waals surface area contributed by atoms with Gasteiger partial charge < -0.3 is 19.8 Å². The van der Waals surface area contributed by atoms with Crippen LogP contribution in [0.1, 0.15) is 19.0 Å². The number of nitrogens with zero attached hydrogens (tertiary/aromatic N) is 2. The molecule has 3 aromatic rings. The van der Waals surface area contributed by atoms with Crippen molar-refractivity contribution in [2.24, 2.45) is 0 Å². The molecule has 0 unspecified atom stereocenters. The zero-order valence-electron chi connectivity index (χ0n) is 15.4. The summed E-state index contributed by atoms with van der Waals surface area (Å²) in [6.07, 6.45) is 3.35. The molecule has 0 bridgehead atoms. The normalized spacial score (nSPS) is 12.1. The van der Waals surface area contributed by atoms with Crippen LogP contribution in [0.3, 0.4) is 0 Å². The van der Waals surface area contributed by atoms with Crippen molar-refractivity contribution in [3.05, 3.63) is 41.3 Å². The van der Waals surface area contributed by atoms with Gasteiger partial charge in [0.05, 0.1) is 36.8 Å². The number of H-pyrrole nitrogens is 1. The number of nitrogens with one attached hydrogen (secondary N) is 2. The fraction of sp³-hybridized carbons (Fsp3) is 0.316. The topological polar surface area (TPSA) is 89.1 Å². The van der Waals surface area contributed by atoms with E-state index in [0.29, 0.717) is 29.6 Å². The number of aromatic amines is 1. The van der Waals surface area contributed by atoms with Gasteiger partial charge in [0.25, 0.3) is 0 Å². The van der Waals surface area contributed by atoms with Gasteiger partial charge in [-0.2, -0.15) is 0 Å². The molecule has 0 saturated carbocycles. The van der Waals surface area contributed by atoms with Gasteiger partial charge >= 0.3 is 0 Å². The third kappa shape index (κ3) is 4.20. The fourth-order valence-corrected chi connectivity index (χ4v) is 3.09. The van der Waals surface area contributed by atoms with Crippen LogP contribution in [0.5, 0.6) is 5.88 Å². The highest BCUT2D eigenvalue weighted by molar-refractivity contribution is 6.34. The summed E-state index contributed by atoms with van der Waals surface area (Å²) in [5.74, 6) is 0.307. The summed E-state index contributed by atoms with van der Waals surface area (Å²) in [6.45, 7) is 2.28. The van der Waals surface area contributed by atoms with Crippen molar-refractivity contribution in [1.29, 1.82) is 0 Å². The summed E-state index contributed by atoms with van der Waals surface area (Å²) in [5, 5.41) is 4.39. The maximum absolute atomic E-state index is 12.0. The number of fused-ring (bicyclic) bond motifs is 1. The second-order valence-electron chi connectivity index (χ2n) is 6.01. The fourth-order valence-electron chi connectivity index (χ4n) is 2.82. The number of carbonyl (C=O) groups is 1. The first-order valence-electron chi connectivity index (χ1n) is 8.53. The number of halogens is 1. The molecule has 0 aliphatic heterocycles. The first kappa shape index (κ1) is 19.1. The van der Waals surface area contributed by atoms with Crippen LogP contribution in [0.4, 0.5) is 0 Å². The highest BCUT2D eigenvalue weighted by Crippen LogP contribution is 2.31. The average molecular weight is 389 g/mol. The molecule has 0 aliphatic carbocycles. The molecule has 0 fully saturated rings. The zero-order chi connectivity index (χ0) is 19.4. The molecule has 0 radical (unpaired) electrons. The lowest BCUT2D eigenvalue weighted by Gasteiger charge is -2.12. The highest BCUT2D eigenvalue weighted by Gasteiger charge is 2.15. The molecule has 27 heavy (non-hydrogen) atoms. The lowest BCUT2D eigenvalue weighted by atomic mass is 10.1. The predicted molar refractivity (Wildman–Crippen MR) is 104 cm³/mol. The number of amides is 1. The van der Waals surface area contributed by atoms with Gasteiger partial charge in [0, 0.05) is 29.3 Å². The molecule has 1 amide bonds. The van der Waals surface area contributed by atoms with Crippen LogP contribution >= 0.6 is 11.6 Å². The minimum absolute atomic E-state index is 0.133. The van der Waals surface area contributed by atoms with Gasteiger partial charge in [-0.25, -0.2) is 9.97 Å². The molecule has 8 heteroatoms. The Morgan fingerprint density at radius 3 is 2.70 bits per heavy atom. The van der Waals surface area contributed by atoms with Crippen LogP contribution < -0.4 is 10.1 Å². The SMILES string of the molecule is CC[C@H](OC)C(=O)NCc1cc2cc(Cl)c(-c3cnc(OC)cn3)cc2[nH]1. The van der Waals surface area contributed by atoms with E-state index in [0.717, 1.165) is 22.2 Å². The number of methoxy groups -OCH3 is 2. The number of rotatable bonds is 7. The smallest absolute Gasteiger partial charge is 0.249 e. The first-order valence-corrected chi connectivity index (χ1v) is 8.91. The van der Waals surface area contributed by atoms with Crippen LogP contribution in [0, 0.1) is 0 Å². The van der Waals surface area contributed by atoms with Gasteiger partial charge in [0.2, 0.25) is 11.8 Å². The molecule has 2 aromatic heterocycles. The summed E-state index contributed by atoms with van der Waals surface area (Å²) >= 11 is 6.43. The third-order valence-electron chi connectivity index (χ3n) is 4.28. The van der Waals surface area contributed by atoms with Crippen LogP contribution in [0.15, 0.2) is 30.6 Å². The zero-order valence-corrected chi connectivity index (χ0v) is 16.1. The van der Waals surface area contributed by atoms with E-state index in [1.165, 1.54) is 14.2 Å². The van der Waals surface area contributed by atoms with E-state index in [4.69, 9.17) is 21.1 Å². The summed E-state index contributed by atoms with van der Waals surface area (Å²) in [7, 11) is 3.07. The molecular formula is C19H21ClN4O3. The Kier molecular flexibility index (Phi) is 5.93. The van der Waals surface area contributed by atoms with Gasteiger partial charge in [0.1, 0.15) is 6.10 Å². The van der Waals surface area contributed by atoms with E-state index < -0.39 is 6.10 Å². The van der Waals surface area contributed by atoms with Crippen LogP contribution in [-0.4, -0.2) is 41.2 Å². The van der Waals surface area contributed by atoms with Gasteiger partial charge in [-0.3, -0.25) is 4.79 Å². The Hall–Kier alpha value is -2.64. The van der Waals surface area contributed by atoms with Crippen molar-refractivity contribution in [2.75, 3.05) is 14.2 Å². The van der Waals surface area contributed by atoms with Crippen LogP contribution in [0.2, 0.25) is 5.02 Å². The lowest BCUT2D eigenvalue weighted by Crippen LogP contribution is -2.35. The summed E-state index contributed by atoms with van der Waals surface area (Å²) in [6, 6.07) is 5.74. The molecule has 1 atom stereocenters. The molecule has 2 N–H and O–H groups in total. The molecule has 0 saturated heterocycles. The summed E-state index contributed by atoms with van der Waals surface area (Å²) in [4.78, 5) is 23.8. The molecule has 2 heterocycles. The van der Waals surface area contributed by atoms with E-state index in [1.54, 1.807) is 12.4 Å². The first-order chi connectivity index (χ1) is 13.0. The lowest BCUT2D eigenvalue weighted by molar-refractivity contribution is -0.131. The van der Waals surface area contributed by atoms with Crippen molar-refractivity contribution in [3.63, 3.8) is 0 Å². The molecule has 3 rings (SSSR count). The second-order valence-corrected chi connectivity index (χ2v) is 6.42. The monoisotopic (exact) mass is 388 g/mol. The molecular weight excluding hydrogens is 368 g/mol. The highest BCUT2D eigenvalue weighted by atomic mass is 35.5. The minimum atomic E-state index is -0.441. The van der Waals surface area contributed by atoms with E-state index in [2.05, 4.69) is 20.3 Å². The van der Waals surface area contributed by atoms with Gasteiger partial charge in [0.15, 0.2) is 0 Å².